The predicted octanol–water partition coefficient (Wildman–Crippen LogP) is -0.243. The lowest BCUT2D eigenvalue weighted by molar-refractivity contribution is -0.158. The van der Waals surface area contributed by atoms with Crippen molar-refractivity contribution in [1.29, 1.82) is 0 Å². The third-order valence-electron chi connectivity index (χ3n) is 0.819. The van der Waals surface area contributed by atoms with Crippen molar-refractivity contribution in [2.24, 2.45) is 0 Å². The second kappa shape index (κ2) is 5.15. The zero-order valence-corrected chi connectivity index (χ0v) is 7.01. The molecule has 5 heteroatoms. The van der Waals surface area contributed by atoms with Crippen molar-refractivity contribution in [1.82, 2.24) is 0 Å². The van der Waals surface area contributed by atoms with Crippen LogP contribution in [0.1, 0.15) is 13.3 Å². The summed E-state index contributed by atoms with van der Waals surface area (Å²) in [6.45, 7) is 1.44. The molecule has 0 aromatic carbocycles. The number of rotatable bonds is 3. The Hall–Kier alpha value is -0.550. The summed E-state index contributed by atoms with van der Waals surface area (Å²) in [6.07, 6.45) is -0.949. The average molecular weight is 178 g/mol. The predicted molar refractivity (Wildman–Crippen MR) is 41.2 cm³/mol. The van der Waals surface area contributed by atoms with Crippen LogP contribution in [0.3, 0.4) is 0 Å². The maximum Gasteiger partial charge on any atom is 0.323 e. The molecule has 0 aliphatic rings. The summed E-state index contributed by atoms with van der Waals surface area (Å²) in [5, 5.41) is 8.68. The van der Waals surface area contributed by atoms with Gasteiger partial charge in [0.1, 0.15) is 0 Å². The van der Waals surface area contributed by atoms with Crippen LogP contribution in [-0.4, -0.2) is 28.9 Å². The molecule has 0 radical (unpaired) electrons. The van der Waals surface area contributed by atoms with Gasteiger partial charge < -0.3 is 9.84 Å². The summed E-state index contributed by atoms with van der Waals surface area (Å²) < 4.78 is 4.20. The quantitative estimate of drug-likeness (QED) is 0.355. The molecular formula is C6H10O4S. The number of ether oxygens (including phenoxy) is 1. The lowest BCUT2D eigenvalue weighted by atomic mass is 10.3. The van der Waals surface area contributed by atoms with E-state index in [1.54, 1.807) is 0 Å². The number of thiol groups is 1. The summed E-state index contributed by atoms with van der Waals surface area (Å²) in [5.41, 5.74) is 0. The number of hydrogen-bond acceptors (Lipinski definition) is 5. The Kier molecular flexibility index (Phi) is 4.89. The van der Waals surface area contributed by atoms with Crippen LogP contribution in [0.5, 0.6) is 0 Å². The van der Waals surface area contributed by atoms with Crippen LogP contribution in [-0.2, 0) is 14.3 Å². The molecule has 11 heavy (non-hydrogen) atoms. The molecular weight excluding hydrogens is 168 g/mol. The first kappa shape index (κ1) is 10.4. The van der Waals surface area contributed by atoms with Gasteiger partial charge in [-0.1, -0.05) is 0 Å². The summed E-state index contributed by atoms with van der Waals surface area (Å²) in [7, 11) is 0. The SMILES string of the molecule is CC(O)CC(=O)OC(=O)CS. The van der Waals surface area contributed by atoms with Gasteiger partial charge in [-0.2, -0.15) is 12.6 Å². The molecule has 1 N–H and O–H groups in total. The van der Waals surface area contributed by atoms with Gasteiger partial charge in [-0.15, -0.1) is 0 Å². The average Bonchev–Trinajstić information content (AvgIpc) is 1.85. The minimum Gasteiger partial charge on any atom is -0.393 e. The van der Waals surface area contributed by atoms with Crippen LogP contribution < -0.4 is 0 Å². The molecule has 0 saturated carbocycles. The van der Waals surface area contributed by atoms with Crippen LogP contribution in [0.25, 0.3) is 0 Å². The van der Waals surface area contributed by atoms with E-state index >= 15 is 0 Å². The Morgan fingerprint density at radius 1 is 1.55 bits per heavy atom. The van der Waals surface area contributed by atoms with Gasteiger partial charge in [-0.25, -0.2) is 0 Å². The van der Waals surface area contributed by atoms with E-state index in [9.17, 15) is 9.59 Å². The van der Waals surface area contributed by atoms with Gasteiger partial charge in [0.05, 0.1) is 18.3 Å². The highest BCUT2D eigenvalue weighted by Gasteiger charge is 2.10. The second-order valence-electron chi connectivity index (χ2n) is 2.06. The van der Waals surface area contributed by atoms with Crippen molar-refractivity contribution < 1.29 is 19.4 Å². The van der Waals surface area contributed by atoms with Crippen molar-refractivity contribution in [3.05, 3.63) is 0 Å². The molecule has 0 bridgehead atoms. The Balaban J connectivity index is 3.61. The van der Waals surface area contributed by atoms with Gasteiger partial charge in [-0.05, 0) is 6.92 Å². The number of esters is 2. The molecule has 0 heterocycles. The Labute approximate surface area is 69.9 Å². The van der Waals surface area contributed by atoms with E-state index in [0.29, 0.717) is 0 Å². The molecule has 4 nitrogen and oxygen atoms in total. The van der Waals surface area contributed by atoms with Crippen molar-refractivity contribution in [2.45, 2.75) is 19.4 Å². The van der Waals surface area contributed by atoms with E-state index in [-0.39, 0.29) is 12.2 Å². The van der Waals surface area contributed by atoms with Gasteiger partial charge in [0, 0.05) is 0 Å². The van der Waals surface area contributed by atoms with Gasteiger partial charge in [-0.3, -0.25) is 9.59 Å². The number of aliphatic hydroxyl groups excluding tert-OH is 1. The summed E-state index contributed by atoms with van der Waals surface area (Å²) >= 11 is 3.59. The minimum atomic E-state index is -0.782. The highest BCUT2D eigenvalue weighted by Crippen LogP contribution is 1.93. The standard InChI is InChI=1S/C6H10O4S/c1-4(7)2-5(8)10-6(9)3-11/h4,7,11H,2-3H2,1H3. The third kappa shape index (κ3) is 5.87. The molecule has 1 atom stereocenters. The number of carbonyl (C=O) groups excluding carboxylic acids is 2. The smallest absolute Gasteiger partial charge is 0.323 e. The molecule has 0 rings (SSSR count). The van der Waals surface area contributed by atoms with E-state index in [1.807, 2.05) is 0 Å². The number of aliphatic hydroxyl groups is 1. The van der Waals surface area contributed by atoms with E-state index in [0.717, 1.165) is 0 Å². The van der Waals surface area contributed by atoms with Crippen LogP contribution in [0.4, 0.5) is 0 Å². The van der Waals surface area contributed by atoms with E-state index in [4.69, 9.17) is 5.11 Å². The molecule has 1 unspecified atom stereocenters. The summed E-state index contributed by atoms with van der Waals surface area (Å²) in [5.74, 6) is -1.55. The lowest BCUT2D eigenvalue weighted by Gasteiger charge is -2.01. The molecule has 0 saturated heterocycles. The third-order valence-corrected chi connectivity index (χ3v) is 1.08. The topological polar surface area (TPSA) is 63.6 Å². The van der Waals surface area contributed by atoms with Gasteiger partial charge >= 0.3 is 11.9 Å². The minimum absolute atomic E-state index is 0.133. The number of carbonyl (C=O) groups is 2. The molecule has 0 aromatic rings. The Bertz CT molecular complexity index is 155. The highest BCUT2D eigenvalue weighted by atomic mass is 32.1. The number of hydrogen-bond donors (Lipinski definition) is 2. The fraction of sp³-hybridized carbons (Fsp3) is 0.667. The van der Waals surface area contributed by atoms with Crippen LogP contribution in [0.15, 0.2) is 0 Å². The lowest BCUT2D eigenvalue weighted by Crippen LogP contribution is -2.17. The molecule has 0 aliphatic carbocycles. The first-order valence-corrected chi connectivity index (χ1v) is 3.72. The van der Waals surface area contributed by atoms with Crippen molar-refractivity contribution in [2.75, 3.05) is 5.75 Å². The molecule has 0 spiro atoms. The fourth-order valence-corrected chi connectivity index (χ4v) is 0.507. The van der Waals surface area contributed by atoms with E-state index in [1.165, 1.54) is 6.92 Å². The molecule has 64 valence electrons. The molecule has 0 aromatic heterocycles. The zero-order chi connectivity index (χ0) is 8.85. The normalized spacial score (nSPS) is 12.3. The van der Waals surface area contributed by atoms with E-state index in [2.05, 4.69) is 17.4 Å². The van der Waals surface area contributed by atoms with Gasteiger partial charge in [0.25, 0.3) is 0 Å². The first-order valence-electron chi connectivity index (χ1n) is 3.08. The molecule has 0 aliphatic heterocycles. The summed E-state index contributed by atoms with van der Waals surface area (Å²) in [4.78, 5) is 21.0. The largest absolute Gasteiger partial charge is 0.393 e. The molecule has 0 fully saturated rings. The first-order chi connectivity index (χ1) is 5.06. The van der Waals surface area contributed by atoms with Crippen molar-refractivity contribution in [3.8, 4) is 0 Å². The van der Waals surface area contributed by atoms with Gasteiger partial charge in [0.2, 0.25) is 0 Å². The van der Waals surface area contributed by atoms with Crippen LogP contribution in [0, 0.1) is 0 Å². The highest BCUT2D eigenvalue weighted by molar-refractivity contribution is 7.81. The Morgan fingerprint density at radius 2 is 2.09 bits per heavy atom. The van der Waals surface area contributed by atoms with Crippen molar-refractivity contribution in [3.63, 3.8) is 0 Å². The van der Waals surface area contributed by atoms with Crippen LogP contribution >= 0.6 is 12.6 Å². The van der Waals surface area contributed by atoms with Gasteiger partial charge in [0.15, 0.2) is 0 Å². The Morgan fingerprint density at radius 3 is 2.45 bits per heavy atom. The van der Waals surface area contributed by atoms with E-state index < -0.39 is 18.0 Å². The summed E-state index contributed by atoms with van der Waals surface area (Å²) in [6, 6.07) is 0. The zero-order valence-electron chi connectivity index (χ0n) is 6.11. The molecule has 0 amide bonds. The monoisotopic (exact) mass is 178 g/mol. The van der Waals surface area contributed by atoms with Crippen molar-refractivity contribution >= 4 is 24.6 Å². The maximum atomic E-state index is 10.6. The fourth-order valence-electron chi connectivity index (χ4n) is 0.442. The second-order valence-corrected chi connectivity index (χ2v) is 2.37. The van der Waals surface area contributed by atoms with Crippen LogP contribution in [0.2, 0.25) is 0 Å². The maximum absolute atomic E-state index is 10.6.